The first-order valence-corrected chi connectivity index (χ1v) is 12.7. The van der Waals surface area contributed by atoms with Crippen molar-refractivity contribution in [2.75, 3.05) is 37.4 Å². The highest BCUT2D eigenvalue weighted by Crippen LogP contribution is 2.43. The van der Waals surface area contributed by atoms with Gasteiger partial charge in [-0.05, 0) is 88.8 Å². The van der Waals surface area contributed by atoms with Gasteiger partial charge in [0, 0.05) is 47.6 Å². The van der Waals surface area contributed by atoms with Crippen LogP contribution in [-0.2, 0) is 0 Å². The quantitative estimate of drug-likeness (QED) is 0.474. The summed E-state index contributed by atoms with van der Waals surface area (Å²) in [5, 5.41) is 19.8. The van der Waals surface area contributed by atoms with Crippen LogP contribution in [0.2, 0.25) is 0 Å². The van der Waals surface area contributed by atoms with E-state index in [2.05, 4.69) is 32.9 Å². The molecular weight excluding hydrogens is 428 g/mol. The first-order chi connectivity index (χ1) is 16.6. The van der Waals surface area contributed by atoms with Crippen LogP contribution in [0.5, 0.6) is 0 Å². The molecule has 5 rings (SSSR count). The molecular formula is C26H36N6O2. The number of piperidine rings is 1. The average Bonchev–Trinajstić information content (AvgIpc) is 3.59. The van der Waals surface area contributed by atoms with Gasteiger partial charge in [-0.3, -0.25) is 4.79 Å². The molecule has 2 saturated carbocycles. The molecule has 4 N–H and O–H groups in total. The monoisotopic (exact) mass is 464 g/mol. The van der Waals surface area contributed by atoms with Crippen molar-refractivity contribution in [3.63, 3.8) is 0 Å². The van der Waals surface area contributed by atoms with Gasteiger partial charge in [0.05, 0.1) is 0 Å². The smallest absolute Gasteiger partial charge is 0.251 e. The largest absolute Gasteiger partial charge is 0.396 e. The lowest BCUT2D eigenvalue weighted by Gasteiger charge is -2.29. The van der Waals surface area contributed by atoms with Gasteiger partial charge in [-0.2, -0.15) is 4.98 Å². The maximum absolute atomic E-state index is 12.6. The number of rotatable bonds is 8. The molecule has 182 valence electrons. The van der Waals surface area contributed by atoms with Crippen molar-refractivity contribution in [3.05, 3.63) is 41.6 Å². The van der Waals surface area contributed by atoms with Crippen LogP contribution >= 0.6 is 0 Å². The standard InChI is InChI=1S/C26H36N6O2/c1-32-13-11-21(12-14-32)28-25(34)18-7-9-20(10-8-18)29-26-27-15-22(17-5-6-17)24(31-26)30-23-4-2-3-19(23)16-33/h7-10,15,17,19,21,23,33H,2-6,11-14,16H2,1H3,(H,28,34)(H2,27,29,30,31). The Bertz CT molecular complexity index is 985. The fraction of sp³-hybridized carbons (Fsp3) is 0.577. The Morgan fingerprint density at radius 1 is 1.09 bits per heavy atom. The van der Waals surface area contributed by atoms with Crippen LogP contribution in [0.1, 0.15) is 66.8 Å². The number of nitrogens with one attached hydrogen (secondary N) is 3. The predicted octanol–water partition coefficient (Wildman–Crippen LogP) is 3.49. The first kappa shape index (κ1) is 23.1. The second-order valence-electron chi connectivity index (χ2n) is 10.1. The summed E-state index contributed by atoms with van der Waals surface area (Å²) >= 11 is 0. The summed E-state index contributed by atoms with van der Waals surface area (Å²) in [5.74, 6) is 2.22. The predicted molar refractivity (Wildman–Crippen MR) is 134 cm³/mol. The fourth-order valence-corrected chi connectivity index (χ4v) is 5.14. The average molecular weight is 465 g/mol. The second-order valence-corrected chi connectivity index (χ2v) is 10.1. The van der Waals surface area contributed by atoms with Crippen molar-refractivity contribution in [3.8, 4) is 0 Å². The molecule has 1 amide bonds. The van der Waals surface area contributed by atoms with Gasteiger partial charge in [0.1, 0.15) is 5.82 Å². The zero-order valence-corrected chi connectivity index (χ0v) is 20.0. The Balaban J connectivity index is 1.23. The lowest BCUT2D eigenvalue weighted by atomic mass is 10.0. The number of aliphatic hydroxyl groups excluding tert-OH is 1. The van der Waals surface area contributed by atoms with Gasteiger partial charge < -0.3 is 26.0 Å². The number of aromatic nitrogens is 2. The van der Waals surface area contributed by atoms with Crippen LogP contribution in [0.4, 0.5) is 17.5 Å². The van der Waals surface area contributed by atoms with Crippen molar-refractivity contribution in [1.29, 1.82) is 0 Å². The molecule has 1 aliphatic heterocycles. The lowest BCUT2D eigenvalue weighted by molar-refractivity contribution is 0.0917. The van der Waals surface area contributed by atoms with E-state index in [9.17, 15) is 9.90 Å². The molecule has 0 spiro atoms. The van der Waals surface area contributed by atoms with Gasteiger partial charge >= 0.3 is 0 Å². The number of anilines is 3. The van der Waals surface area contributed by atoms with Gasteiger partial charge in [0.25, 0.3) is 5.91 Å². The Labute approximate surface area is 201 Å². The highest BCUT2D eigenvalue weighted by molar-refractivity contribution is 5.94. The third kappa shape index (κ3) is 5.50. The summed E-state index contributed by atoms with van der Waals surface area (Å²) in [6.45, 7) is 2.25. The van der Waals surface area contributed by atoms with Crippen molar-refractivity contribution in [2.24, 2.45) is 5.92 Å². The molecule has 1 aromatic carbocycles. The van der Waals surface area contributed by atoms with E-state index in [0.29, 0.717) is 17.4 Å². The molecule has 8 heteroatoms. The van der Waals surface area contributed by atoms with E-state index >= 15 is 0 Å². The Kier molecular flexibility index (Phi) is 6.97. The summed E-state index contributed by atoms with van der Waals surface area (Å²) in [4.78, 5) is 24.3. The van der Waals surface area contributed by atoms with Crippen molar-refractivity contribution in [1.82, 2.24) is 20.2 Å². The zero-order chi connectivity index (χ0) is 23.5. The van der Waals surface area contributed by atoms with Crippen LogP contribution < -0.4 is 16.0 Å². The Morgan fingerprint density at radius 3 is 2.56 bits per heavy atom. The molecule has 2 unspecified atom stereocenters. The van der Waals surface area contributed by atoms with Crippen molar-refractivity contribution < 1.29 is 9.90 Å². The van der Waals surface area contributed by atoms with Crippen LogP contribution in [0.25, 0.3) is 0 Å². The number of carbonyl (C=O) groups is 1. The first-order valence-electron chi connectivity index (χ1n) is 12.7. The number of nitrogens with zero attached hydrogens (tertiary/aromatic N) is 3. The molecule has 2 atom stereocenters. The molecule has 3 aliphatic rings. The van der Waals surface area contributed by atoms with E-state index in [4.69, 9.17) is 4.98 Å². The van der Waals surface area contributed by atoms with E-state index in [1.165, 1.54) is 18.4 Å². The molecule has 2 heterocycles. The van der Waals surface area contributed by atoms with Crippen LogP contribution in [-0.4, -0.2) is 64.7 Å². The lowest BCUT2D eigenvalue weighted by Crippen LogP contribution is -2.43. The van der Waals surface area contributed by atoms with E-state index in [-0.39, 0.29) is 30.5 Å². The molecule has 1 saturated heterocycles. The zero-order valence-electron chi connectivity index (χ0n) is 20.0. The number of hydrogen-bond donors (Lipinski definition) is 4. The second kappa shape index (κ2) is 10.3. The van der Waals surface area contributed by atoms with Crippen LogP contribution in [0.15, 0.2) is 30.5 Å². The summed E-state index contributed by atoms with van der Waals surface area (Å²) in [7, 11) is 2.12. The maximum atomic E-state index is 12.6. The van der Waals surface area contributed by atoms with Crippen molar-refractivity contribution in [2.45, 2.75) is 62.9 Å². The summed E-state index contributed by atoms with van der Waals surface area (Å²) < 4.78 is 0. The normalized spacial score (nSPS) is 23.6. The number of likely N-dealkylation sites (tertiary alicyclic amines) is 1. The fourth-order valence-electron chi connectivity index (χ4n) is 5.14. The summed E-state index contributed by atoms with van der Waals surface area (Å²) in [5.41, 5.74) is 2.68. The highest BCUT2D eigenvalue weighted by atomic mass is 16.3. The third-order valence-electron chi connectivity index (χ3n) is 7.51. The number of amides is 1. The molecule has 2 aromatic rings. The summed E-state index contributed by atoms with van der Waals surface area (Å²) in [6.07, 6.45) is 9.53. The SMILES string of the molecule is CN1CCC(NC(=O)c2ccc(Nc3ncc(C4CC4)c(NC4CCCC4CO)n3)cc2)CC1. The molecule has 34 heavy (non-hydrogen) atoms. The number of benzene rings is 1. The Morgan fingerprint density at radius 2 is 1.85 bits per heavy atom. The number of hydrogen-bond acceptors (Lipinski definition) is 7. The maximum Gasteiger partial charge on any atom is 0.251 e. The molecule has 8 nitrogen and oxygen atoms in total. The van der Waals surface area contributed by atoms with Crippen molar-refractivity contribution >= 4 is 23.4 Å². The topological polar surface area (TPSA) is 102 Å². The van der Waals surface area contributed by atoms with Crippen LogP contribution in [0, 0.1) is 5.92 Å². The Hall–Kier alpha value is -2.71. The highest BCUT2D eigenvalue weighted by Gasteiger charge is 2.31. The number of aliphatic hydroxyl groups is 1. The van der Waals surface area contributed by atoms with Gasteiger partial charge in [0.15, 0.2) is 0 Å². The van der Waals surface area contributed by atoms with Gasteiger partial charge in [-0.25, -0.2) is 4.98 Å². The van der Waals surface area contributed by atoms with E-state index in [1.54, 1.807) is 0 Å². The molecule has 2 aliphatic carbocycles. The van der Waals surface area contributed by atoms with Crippen LogP contribution in [0.3, 0.4) is 0 Å². The van der Waals surface area contributed by atoms with Gasteiger partial charge in [-0.1, -0.05) is 6.42 Å². The minimum atomic E-state index is -0.0207. The van der Waals surface area contributed by atoms with Gasteiger partial charge in [0.2, 0.25) is 5.95 Å². The van der Waals surface area contributed by atoms with E-state index in [1.807, 2.05) is 30.5 Å². The summed E-state index contributed by atoms with van der Waals surface area (Å²) in [6, 6.07) is 7.98. The minimum Gasteiger partial charge on any atom is -0.396 e. The van der Waals surface area contributed by atoms with E-state index < -0.39 is 0 Å². The molecule has 3 fully saturated rings. The molecule has 0 bridgehead atoms. The van der Waals surface area contributed by atoms with E-state index in [0.717, 1.165) is 56.7 Å². The minimum absolute atomic E-state index is 0.0207. The van der Waals surface area contributed by atoms with Gasteiger partial charge in [-0.15, -0.1) is 0 Å². The molecule has 1 aromatic heterocycles. The third-order valence-corrected chi connectivity index (χ3v) is 7.51. The number of carbonyl (C=O) groups excluding carboxylic acids is 1. The molecule has 0 radical (unpaired) electrons.